The van der Waals surface area contributed by atoms with Crippen LogP contribution in [0.1, 0.15) is 16.9 Å². The average molecular weight is 448 g/mol. The molecule has 0 unspecified atom stereocenters. The lowest BCUT2D eigenvalue weighted by molar-refractivity contribution is -0.125. The maximum atomic E-state index is 12.6. The zero-order valence-electron chi connectivity index (χ0n) is 15.0. The Hall–Kier alpha value is -2.61. The van der Waals surface area contributed by atoms with Gasteiger partial charge in [0.1, 0.15) is 5.71 Å². The number of aromatic nitrogens is 1. The zero-order valence-corrected chi connectivity index (χ0v) is 17.3. The zero-order chi connectivity index (χ0) is 20.4. The van der Waals surface area contributed by atoms with Gasteiger partial charge in [0.15, 0.2) is 0 Å². The summed E-state index contributed by atoms with van der Waals surface area (Å²) in [7, 11) is 0. The highest BCUT2D eigenvalue weighted by Crippen LogP contribution is 2.26. The number of nitrogens with one attached hydrogen (secondary N) is 1. The molecule has 0 saturated carbocycles. The van der Waals surface area contributed by atoms with E-state index in [0.29, 0.717) is 33.7 Å². The van der Waals surface area contributed by atoms with Crippen molar-refractivity contribution in [1.82, 2.24) is 4.57 Å². The van der Waals surface area contributed by atoms with Gasteiger partial charge in [-0.1, -0.05) is 46.6 Å². The quantitative estimate of drug-likeness (QED) is 0.629. The van der Waals surface area contributed by atoms with Crippen LogP contribution < -0.4 is 10.9 Å². The van der Waals surface area contributed by atoms with Gasteiger partial charge in [0.2, 0.25) is 6.10 Å². The predicted molar refractivity (Wildman–Crippen MR) is 115 cm³/mol. The number of nitrogens with zero attached hydrogens (tertiary/aromatic N) is 2. The van der Waals surface area contributed by atoms with Crippen molar-refractivity contribution in [1.29, 1.82) is 0 Å². The average Bonchev–Trinajstić information content (AvgIpc) is 3.35. The van der Waals surface area contributed by atoms with Gasteiger partial charge in [-0.05, 0) is 29.8 Å². The fraction of sp³-hybridized carbons (Fsp3) is 0.150. The van der Waals surface area contributed by atoms with Crippen LogP contribution in [0.4, 0.5) is 5.69 Å². The van der Waals surface area contributed by atoms with Gasteiger partial charge in [-0.15, -0.1) is 11.3 Å². The Labute approximate surface area is 180 Å². The van der Waals surface area contributed by atoms with Crippen LogP contribution in [0.25, 0.3) is 0 Å². The molecule has 2 aromatic heterocycles. The molecular weight excluding hydrogens is 433 g/mol. The molecule has 4 rings (SSSR count). The van der Waals surface area contributed by atoms with Crippen LogP contribution in [-0.2, 0) is 16.2 Å². The third-order valence-corrected chi connectivity index (χ3v) is 6.02. The van der Waals surface area contributed by atoms with Crippen molar-refractivity contribution < 1.29 is 9.63 Å². The maximum Gasteiger partial charge on any atom is 0.268 e. The summed E-state index contributed by atoms with van der Waals surface area (Å²) in [6.07, 6.45) is 1.19. The highest BCUT2D eigenvalue weighted by atomic mass is 35.5. The van der Waals surface area contributed by atoms with E-state index in [4.69, 9.17) is 28.0 Å². The second-order valence-electron chi connectivity index (χ2n) is 6.40. The van der Waals surface area contributed by atoms with Gasteiger partial charge in [-0.2, -0.15) is 0 Å². The molecule has 0 saturated heterocycles. The molecule has 1 atom stereocenters. The number of anilines is 1. The summed E-state index contributed by atoms with van der Waals surface area (Å²) in [5, 5.41) is 7.35. The van der Waals surface area contributed by atoms with E-state index in [1.54, 1.807) is 24.4 Å². The molecule has 1 aliphatic rings. The number of carbonyl (C=O) groups excluding carboxylic acids is 1. The van der Waals surface area contributed by atoms with E-state index in [-0.39, 0.29) is 11.5 Å². The SMILES string of the molecule is O=C(Nc1ccc(=O)n(Cc2ccccc2Cl)c1)[C@H]1CC(c2ccc(Cl)s2)=NO1. The van der Waals surface area contributed by atoms with E-state index < -0.39 is 6.10 Å². The van der Waals surface area contributed by atoms with E-state index in [1.165, 1.54) is 22.0 Å². The number of hydrogen-bond acceptors (Lipinski definition) is 5. The first-order chi connectivity index (χ1) is 14.0. The van der Waals surface area contributed by atoms with Crippen LogP contribution >= 0.6 is 34.5 Å². The van der Waals surface area contributed by atoms with Crippen LogP contribution in [0.2, 0.25) is 9.36 Å². The normalized spacial score (nSPS) is 15.7. The summed E-state index contributed by atoms with van der Waals surface area (Å²) in [4.78, 5) is 30.9. The highest BCUT2D eigenvalue weighted by molar-refractivity contribution is 7.18. The molecule has 0 spiro atoms. The molecule has 1 aromatic carbocycles. The molecule has 29 heavy (non-hydrogen) atoms. The molecule has 0 radical (unpaired) electrons. The lowest BCUT2D eigenvalue weighted by Gasteiger charge is -2.12. The van der Waals surface area contributed by atoms with Gasteiger partial charge in [-0.25, -0.2) is 0 Å². The number of amides is 1. The minimum absolute atomic E-state index is 0.194. The van der Waals surface area contributed by atoms with Crippen LogP contribution in [0.5, 0.6) is 0 Å². The van der Waals surface area contributed by atoms with E-state index in [9.17, 15) is 9.59 Å². The summed E-state index contributed by atoms with van der Waals surface area (Å²) < 4.78 is 2.14. The highest BCUT2D eigenvalue weighted by Gasteiger charge is 2.29. The molecular formula is C20H15Cl2N3O3S. The Morgan fingerprint density at radius 1 is 1.21 bits per heavy atom. The molecule has 3 heterocycles. The molecule has 6 nitrogen and oxygen atoms in total. The number of oxime groups is 1. The van der Waals surface area contributed by atoms with E-state index in [2.05, 4.69) is 10.5 Å². The standard InChI is InChI=1S/C20H15Cl2N3O3S/c21-14-4-2-1-3-12(14)10-25-11-13(5-8-19(25)26)23-20(27)16-9-15(24-28-16)17-6-7-18(22)29-17/h1-8,11,16H,9-10H2,(H,23,27)/t16-/m1/s1. The fourth-order valence-corrected chi connectivity index (χ4v) is 4.12. The number of thiophene rings is 1. The van der Waals surface area contributed by atoms with Gasteiger partial charge in [0.05, 0.1) is 21.4 Å². The predicted octanol–water partition coefficient (Wildman–Crippen LogP) is 4.40. The van der Waals surface area contributed by atoms with Crippen molar-refractivity contribution in [3.63, 3.8) is 0 Å². The third-order valence-electron chi connectivity index (χ3n) is 4.37. The molecule has 9 heteroatoms. The van der Waals surface area contributed by atoms with Crippen LogP contribution in [0.15, 0.2) is 64.7 Å². The summed E-state index contributed by atoms with van der Waals surface area (Å²) in [6.45, 7) is 0.300. The summed E-state index contributed by atoms with van der Waals surface area (Å²) in [5.41, 5.74) is 1.79. The third kappa shape index (κ3) is 4.53. The van der Waals surface area contributed by atoms with Crippen molar-refractivity contribution in [2.75, 3.05) is 5.32 Å². The lowest BCUT2D eigenvalue weighted by atomic mass is 10.1. The van der Waals surface area contributed by atoms with Gasteiger partial charge in [-0.3, -0.25) is 9.59 Å². The Morgan fingerprint density at radius 2 is 2.03 bits per heavy atom. The number of pyridine rings is 1. The Balaban J connectivity index is 1.44. The molecule has 3 aromatic rings. The number of carbonyl (C=O) groups is 1. The van der Waals surface area contributed by atoms with Crippen molar-refractivity contribution >= 4 is 51.8 Å². The topological polar surface area (TPSA) is 72.7 Å². The van der Waals surface area contributed by atoms with Crippen molar-refractivity contribution in [3.8, 4) is 0 Å². The van der Waals surface area contributed by atoms with Crippen molar-refractivity contribution in [2.45, 2.75) is 19.1 Å². The largest absolute Gasteiger partial charge is 0.382 e. The molecule has 1 aliphatic heterocycles. The lowest BCUT2D eigenvalue weighted by Crippen LogP contribution is -2.29. The van der Waals surface area contributed by atoms with Gasteiger partial charge < -0.3 is 14.7 Å². The van der Waals surface area contributed by atoms with Crippen LogP contribution in [-0.4, -0.2) is 22.3 Å². The smallest absolute Gasteiger partial charge is 0.268 e. The number of benzene rings is 1. The van der Waals surface area contributed by atoms with Crippen LogP contribution in [0, 0.1) is 0 Å². The van der Waals surface area contributed by atoms with Crippen LogP contribution in [0.3, 0.4) is 0 Å². The van der Waals surface area contributed by atoms with Gasteiger partial charge in [0.25, 0.3) is 11.5 Å². The monoisotopic (exact) mass is 447 g/mol. The Bertz CT molecular complexity index is 1160. The summed E-state index contributed by atoms with van der Waals surface area (Å²) >= 11 is 13.5. The minimum Gasteiger partial charge on any atom is -0.382 e. The first kappa shape index (κ1) is 19.7. The molecule has 0 aliphatic carbocycles. The molecule has 1 N–H and O–H groups in total. The summed E-state index contributed by atoms with van der Waals surface area (Å²) in [6, 6.07) is 13.9. The van der Waals surface area contributed by atoms with E-state index >= 15 is 0 Å². The van der Waals surface area contributed by atoms with Gasteiger partial charge in [0, 0.05) is 23.7 Å². The van der Waals surface area contributed by atoms with E-state index in [0.717, 1.165) is 10.4 Å². The van der Waals surface area contributed by atoms with Gasteiger partial charge >= 0.3 is 0 Å². The molecule has 148 valence electrons. The summed E-state index contributed by atoms with van der Waals surface area (Å²) in [5.74, 6) is -0.339. The molecule has 0 fully saturated rings. The Morgan fingerprint density at radius 3 is 2.79 bits per heavy atom. The first-order valence-corrected chi connectivity index (χ1v) is 10.3. The number of rotatable bonds is 5. The fourth-order valence-electron chi connectivity index (χ4n) is 2.89. The molecule has 0 bridgehead atoms. The second kappa shape index (κ2) is 8.41. The van der Waals surface area contributed by atoms with Crippen molar-refractivity contribution in [2.24, 2.45) is 5.16 Å². The first-order valence-electron chi connectivity index (χ1n) is 8.73. The maximum absolute atomic E-state index is 12.6. The van der Waals surface area contributed by atoms with E-state index in [1.807, 2.05) is 24.3 Å². The second-order valence-corrected chi connectivity index (χ2v) is 8.53. The Kier molecular flexibility index (Phi) is 5.71. The van der Waals surface area contributed by atoms with Crippen molar-refractivity contribution in [3.05, 3.63) is 84.9 Å². The number of halogens is 2. The number of hydrogen-bond donors (Lipinski definition) is 1. The minimum atomic E-state index is -0.741. The molecule has 1 amide bonds.